The lowest BCUT2D eigenvalue weighted by atomic mass is 10.1. The van der Waals surface area contributed by atoms with E-state index in [-0.39, 0.29) is 35.0 Å². The highest BCUT2D eigenvalue weighted by Crippen LogP contribution is 2.29. The average molecular weight is 287 g/mol. The van der Waals surface area contributed by atoms with E-state index in [0.29, 0.717) is 0 Å². The molecule has 0 heterocycles. The highest BCUT2D eigenvalue weighted by molar-refractivity contribution is 6.33. The maximum absolute atomic E-state index is 11.1. The smallest absolute Gasteiger partial charge is 0.335 e. The Labute approximate surface area is 113 Å². The summed E-state index contributed by atoms with van der Waals surface area (Å²) in [6, 6.07) is 2.09. The average Bonchev–Trinajstić information content (AvgIpc) is 2.36. The molecule has 0 saturated heterocycles. The molecule has 0 saturated carbocycles. The minimum atomic E-state index is -1.30. The van der Waals surface area contributed by atoms with Gasteiger partial charge in [-0.25, -0.2) is 4.79 Å². The van der Waals surface area contributed by atoms with Gasteiger partial charge in [0, 0.05) is 19.0 Å². The molecule has 0 aromatic heterocycles. The summed E-state index contributed by atoms with van der Waals surface area (Å²) in [7, 11) is 0. The molecule has 0 atom stereocenters. The van der Waals surface area contributed by atoms with Crippen molar-refractivity contribution in [1.29, 1.82) is 0 Å². The zero-order chi connectivity index (χ0) is 14.6. The summed E-state index contributed by atoms with van der Waals surface area (Å²) in [5.41, 5.74) is -0.561. The Morgan fingerprint density at radius 1 is 1.47 bits per heavy atom. The van der Waals surface area contributed by atoms with Gasteiger partial charge in [0.1, 0.15) is 5.02 Å². The van der Waals surface area contributed by atoms with Crippen LogP contribution in [-0.4, -0.2) is 21.9 Å². The molecule has 0 unspecified atom stereocenters. The van der Waals surface area contributed by atoms with Crippen molar-refractivity contribution < 1.29 is 19.6 Å². The summed E-state index contributed by atoms with van der Waals surface area (Å²) in [6.45, 7) is 1.58. The SMILES string of the molecule is CCC(=O)NCc1cc(C(=O)O)cc([N+](=O)[O-])c1Cl. The van der Waals surface area contributed by atoms with Crippen LogP contribution in [0.3, 0.4) is 0 Å². The third-order valence-corrected chi connectivity index (χ3v) is 2.81. The summed E-state index contributed by atoms with van der Waals surface area (Å²) in [5.74, 6) is -1.57. The second-order valence-electron chi connectivity index (χ2n) is 3.66. The van der Waals surface area contributed by atoms with Gasteiger partial charge in [0.05, 0.1) is 10.5 Å². The summed E-state index contributed by atoms with van der Waals surface area (Å²) in [6.07, 6.45) is 0.248. The van der Waals surface area contributed by atoms with Gasteiger partial charge in [-0.05, 0) is 11.6 Å². The van der Waals surface area contributed by atoms with Gasteiger partial charge in [-0.15, -0.1) is 0 Å². The number of benzene rings is 1. The van der Waals surface area contributed by atoms with Crippen molar-refractivity contribution in [2.75, 3.05) is 0 Å². The van der Waals surface area contributed by atoms with Gasteiger partial charge < -0.3 is 10.4 Å². The fourth-order valence-corrected chi connectivity index (χ4v) is 1.62. The minimum absolute atomic E-state index is 0.0620. The Balaban J connectivity index is 3.18. The molecule has 102 valence electrons. The van der Waals surface area contributed by atoms with Crippen molar-refractivity contribution in [1.82, 2.24) is 5.32 Å². The molecule has 8 heteroatoms. The number of rotatable bonds is 5. The molecule has 1 aromatic rings. The number of carbonyl (C=O) groups is 2. The molecule has 0 fully saturated rings. The Morgan fingerprint density at radius 2 is 2.11 bits per heavy atom. The van der Waals surface area contributed by atoms with Crippen molar-refractivity contribution in [2.45, 2.75) is 19.9 Å². The van der Waals surface area contributed by atoms with Crippen molar-refractivity contribution in [3.05, 3.63) is 38.4 Å². The first-order valence-corrected chi connectivity index (χ1v) is 5.71. The molecule has 1 amide bonds. The van der Waals surface area contributed by atoms with Crippen LogP contribution in [0, 0.1) is 10.1 Å². The van der Waals surface area contributed by atoms with E-state index in [0.717, 1.165) is 6.07 Å². The number of nitro benzene ring substituents is 1. The topological polar surface area (TPSA) is 110 Å². The van der Waals surface area contributed by atoms with Crippen molar-refractivity contribution in [2.24, 2.45) is 0 Å². The quantitative estimate of drug-likeness (QED) is 0.635. The van der Waals surface area contributed by atoms with Crippen LogP contribution in [0.1, 0.15) is 29.3 Å². The first kappa shape index (κ1) is 14.9. The Kier molecular flexibility index (Phi) is 4.82. The number of nitrogens with zero attached hydrogens (tertiary/aromatic N) is 1. The number of nitrogens with one attached hydrogen (secondary N) is 1. The lowest BCUT2D eigenvalue weighted by Crippen LogP contribution is -2.22. The van der Waals surface area contributed by atoms with Crippen LogP contribution in [0.25, 0.3) is 0 Å². The van der Waals surface area contributed by atoms with Gasteiger partial charge in [0.2, 0.25) is 5.91 Å². The normalized spacial score (nSPS) is 10.0. The molecule has 0 spiro atoms. The van der Waals surface area contributed by atoms with Crippen LogP contribution in [0.2, 0.25) is 5.02 Å². The van der Waals surface area contributed by atoms with Crippen molar-refractivity contribution in [3.8, 4) is 0 Å². The molecule has 0 aliphatic heterocycles. The molecule has 19 heavy (non-hydrogen) atoms. The number of hydrogen-bond donors (Lipinski definition) is 2. The molecular formula is C11H11ClN2O5. The van der Waals surface area contributed by atoms with Gasteiger partial charge >= 0.3 is 5.97 Å². The van der Waals surface area contributed by atoms with E-state index in [2.05, 4.69) is 5.32 Å². The fraction of sp³-hybridized carbons (Fsp3) is 0.273. The number of nitro groups is 1. The van der Waals surface area contributed by atoms with Crippen LogP contribution in [0.15, 0.2) is 12.1 Å². The Morgan fingerprint density at radius 3 is 2.58 bits per heavy atom. The number of hydrogen-bond acceptors (Lipinski definition) is 4. The molecule has 0 radical (unpaired) electrons. The predicted octanol–water partition coefficient (Wildman–Crippen LogP) is 1.97. The molecule has 2 N–H and O–H groups in total. The zero-order valence-electron chi connectivity index (χ0n) is 9.97. The molecule has 1 aromatic carbocycles. The number of halogens is 1. The standard InChI is InChI=1S/C11H11ClN2O5/c1-2-9(15)13-5-7-3-6(11(16)17)4-8(10(7)12)14(18)19/h3-4H,2,5H2,1H3,(H,13,15)(H,16,17). The van der Waals surface area contributed by atoms with Crippen LogP contribution in [0.4, 0.5) is 5.69 Å². The number of carboxylic acids is 1. The van der Waals surface area contributed by atoms with E-state index in [4.69, 9.17) is 16.7 Å². The summed E-state index contributed by atoms with van der Waals surface area (Å²) in [5, 5.41) is 22.0. The van der Waals surface area contributed by atoms with Gasteiger partial charge in [-0.1, -0.05) is 18.5 Å². The molecule has 1 rings (SSSR count). The number of amides is 1. The molecule has 0 aliphatic rings. The maximum atomic E-state index is 11.1. The van der Waals surface area contributed by atoms with Crippen molar-refractivity contribution in [3.63, 3.8) is 0 Å². The Hall–Kier alpha value is -2.15. The van der Waals surface area contributed by atoms with Crippen LogP contribution >= 0.6 is 11.6 Å². The van der Waals surface area contributed by atoms with Gasteiger partial charge in [-0.3, -0.25) is 14.9 Å². The molecule has 7 nitrogen and oxygen atoms in total. The third kappa shape index (κ3) is 3.65. The van der Waals surface area contributed by atoms with Crippen LogP contribution in [-0.2, 0) is 11.3 Å². The largest absolute Gasteiger partial charge is 0.478 e. The number of carboxylic acid groups (broad SMARTS) is 1. The fourth-order valence-electron chi connectivity index (χ4n) is 1.37. The van der Waals surface area contributed by atoms with Gasteiger partial charge in [-0.2, -0.15) is 0 Å². The first-order valence-electron chi connectivity index (χ1n) is 5.33. The number of aromatic carboxylic acids is 1. The van der Waals surface area contributed by atoms with Gasteiger partial charge in [0.25, 0.3) is 5.69 Å². The van der Waals surface area contributed by atoms with E-state index in [1.807, 2.05) is 0 Å². The first-order chi connectivity index (χ1) is 8.86. The van der Waals surface area contributed by atoms with E-state index in [1.54, 1.807) is 6.92 Å². The van der Waals surface area contributed by atoms with Gasteiger partial charge in [0.15, 0.2) is 0 Å². The molecule has 0 bridgehead atoms. The van der Waals surface area contributed by atoms with E-state index < -0.39 is 16.6 Å². The summed E-state index contributed by atoms with van der Waals surface area (Å²) in [4.78, 5) is 32.0. The maximum Gasteiger partial charge on any atom is 0.335 e. The summed E-state index contributed by atoms with van der Waals surface area (Å²) < 4.78 is 0. The second-order valence-corrected chi connectivity index (χ2v) is 4.04. The van der Waals surface area contributed by atoms with E-state index >= 15 is 0 Å². The number of carbonyl (C=O) groups excluding carboxylic acids is 1. The lowest BCUT2D eigenvalue weighted by Gasteiger charge is -2.08. The minimum Gasteiger partial charge on any atom is -0.478 e. The third-order valence-electron chi connectivity index (χ3n) is 2.37. The molecular weight excluding hydrogens is 276 g/mol. The van der Waals surface area contributed by atoms with Crippen LogP contribution in [0.5, 0.6) is 0 Å². The van der Waals surface area contributed by atoms with E-state index in [9.17, 15) is 19.7 Å². The van der Waals surface area contributed by atoms with Crippen LogP contribution < -0.4 is 5.32 Å². The monoisotopic (exact) mass is 286 g/mol. The second kappa shape index (κ2) is 6.14. The molecule has 0 aliphatic carbocycles. The lowest BCUT2D eigenvalue weighted by molar-refractivity contribution is -0.384. The van der Waals surface area contributed by atoms with E-state index in [1.165, 1.54) is 6.07 Å². The summed E-state index contributed by atoms with van der Waals surface area (Å²) >= 11 is 5.82. The highest BCUT2D eigenvalue weighted by atomic mass is 35.5. The predicted molar refractivity (Wildman–Crippen MR) is 67.2 cm³/mol. The zero-order valence-corrected chi connectivity index (χ0v) is 10.7. The Bertz CT molecular complexity index is 544. The highest BCUT2D eigenvalue weighted by Gasteiger charge is 2.20. The van der Waals surface area contributed by atoms with Crippen molar-refractivity contribution >= 4 is 29.2 Å².